The van der Waals surface area contributed by atoms with Crippen molar-refractivity contribution in [1.29, 1.82) is 0 Å². The Balaban J connectivity index is 1.38. The van der Waals surface area contributed by atoms with Crippen molar-refractivity contribution in [3.63, 3.8) is 0 Å². The van der Waals surface area contributed by atoms with Gasteiger partial charge in [0.05, 0.1) is 12.8 Å². The van der Waals surface area contributed by atoms with E-state index in [9.17, 15) is 4.79 Å². The Kier molecular flexibility index (Phi) is 5.09. The molecule has 1 aliphatic rings. The van der Waals surface area contributed by atoms with Gasteiger partial charge in [-0.3, -0.25) is 0 Å². The van der Waals surface area contributed by atoms with Gasteiger partial charge in [-0.15, -0.1) is 20.4 Å². The number of ether oxygens (including phenoxy) is 1. The highest BCUT2D eigenvalue weighted by molar-refractivity contribution is 5.87. The van der Waals surface area contributed by atoms with Crippen LogP contribution in [-0.4, -0.2) is 59.7 Å². The van der Waals surface area contributed by atoms with Crippen LogP contribution in [0.3, 0.4) is 0 Å². The van der Waals surface area contributed by atoms with Gasteiger partial charge in [0.2, 0.25) is 0 Å². The molecule has 1 aliphatic heterocycles. The Morgan fingerprint density at radius 1 is 0.786 bits per heavy atom. The van der Waals surface area contributed by atoms with Gasteiger partial charge >= 0.3 is 5.97 Å². The SMILES string of the molecule is COC(=O)c1ccc(N2CCN(c3ccc(-c4ccccc4)nn3)CC2)nn1. The van der Waals surface area contributed by atoms with Crippen molar-refractivity contribution < 1.29 is 9.53 Å². The minimum Gasteiger partial charge on any atom is -0.464 e. The topological polar surface area (TPSA) is 84.3 Å². The fourth-order valence-electron chi connectivity index (χ4n) is 3.13. The summed E-state index contributed by atoms with van der Waals surface area (Å²) in [5.41, 5.74) is 2.13. The fraction of sp³-hybridized carbons (Fsp3) is 0.250. The third kappa shape index (κ3) is 3.75. The third-order valence-electron chi connectivity index (χ3n) is 4.69. The number of methoxy groups -OCH3 is 1. The van der Waals surface area contributed by atoms with E-state index in [4.69, 9.17) is 0 Å². The Labute approximate surface area is 162 Å². The highest BCUT2D eigenvalue weighted by atomic mass is 16.5. The minimum absolute atomic E-state index is 0.207. The van der Waals surface area contributed by atoms with Gasteiger partial charge in [0.25, 0.3) is 0 Å². The van der Waals surface area contributed by atoms with E-state index in [0.29, 0.717) is 0 Å². The standard InChI is InChI=1S/C20H20N6O2/c1-28-20(27)17-8-10-19(24-22-17)26-13-11-25(12-14-26)18-9-7-16(21-23-18)15-5-3-2-4-6-15/h2-10H,11-14H2,1H3. The molecule has 4 rings (SSSR count). The maximum atomic E-state index is 11.5. The van der Waals surface area contributed by atoms with E-state index in [1.807, 2.05) is 42.5 Å². The molecule has 8 nitrogen and oxygen atoms in total. The van der Waals surface area contributed by atoms with Crippen LogP contribution in [0.2, 0.25) is 0 Å². The monoisotopic (exact) mass is 376 g/mol. The van der Waals surface area contributed by atoms with Crippen LogP contribution in [0.25, 0.3) is 11.3 Å². The lowest BCUT2D eigenvalue weighted by Gasteiger charge is -2.35. The first-order valence-corrected chi connectivity index (χ1v) is 9.06. The number of hydrogen-bond acceptors (Lipinski definition) is 8. The predicted octanol–water partition coefficient (Wildman–Crippen LogP) is 2.05. The molecule has 0 N–H and O–H groups in total. The van der Waals surface area contributed by atoms with E-state index in [1.165, 1.54) is 7.11 Å². The van der Waals surface area contributed by atoms with Gasteiger partial charge in [0.15, 0.2) is 17.3 Å². The maximum Gasteiger partial charge on any atom is 0.358 e. The summed E-state index contributed by atoms with van der Waals surface area (Å²) in [5, 5.41) is 16.8. The van der Waals surface area contributed by atoms with E-state index in [-0.39, 0.29) is 5.69 Å². The van der Waals surface area contributed by atoms with E-state index in [0.717, 1.165) is 49.1 Å². The maximum absolute atomic E-state index is 11.5. The Bertz CT molecular complexity index is 923. The first-order valence-electron chi connectivity index (χ1n) is 9.06. The first kappa shape index (κ1) is 17.8. The van der Waals surface area contributed by atoms with Crippen molar-refractivity contribution in [1.82, 2.24) is 20.4 Å². The Morgan fingerprint density at radius 2 is 1.39 bits per heavy atom. The van der Waals surface area contributed by atoms with Gasteiger partial charge in [-0.2, -0.15) is 0 Å². The van der Waals surface area contributed by atoms with Crippen molar-refractivity contribution in [3.8, 4) is 11.3 Å². The lowest BCUT2D eigenvalue weighted by molar-refractivity contribution is 0.0592. The second-order valence-electron chi connectivity index (χ2n) is 6.39. The van der Waals surface area contributed by atoms with Gasteiger partial charge in [-0.1, -0.05) is 30.3 Å². The van der Waals surface area contributed by atoms with Crippen molar-refractivity contribution >= 4 is 17.6 Å². The molecular weight excluding hydrogens is 356 g/mol. The number of benzene rings is 1. The zero-order valence-corrected chi connectivity index (χ0v) is 15.5. The van der Waals surface area contributed by atoms with Gasteiger partial charge in [0, 0.05) is 31.7 Å². The number of nitrogens with zero attached hydrogens (tertiary/aromatic N) is 6. The van der Waals surface area contributed by atoms with E-state index in [2.05, 4.69) is 34.9 Å². The molecule has 142 valence electrons. The van der Waals surface area contributed by atoms with Crippen LogP contribution >= 0.6 is 0 Å². The minimum atomic E-state index is -0.485. The second kappa shape index (κ2) is 7.99. The highest BCUT2D eigenvalue weighted by Crippen LogP contribution is 2.20. The molecule has 0 aliphatic carbocycles. The number of esters is 1. The number of anilines is 2. The number of piperazine rings is 1. The molecule has 0 unspecified atom stereocenters. The molecule has 0 bridgehead atoms. The molecule has 2 aromatic heterocycles. The summed E-state index contributed by atoms with van der Waals surface area (Å²) in [6, 6.07) is 17.5. The molecule has 8 heteroatoms. The number of aromatic nitrogens is 4. The average molecular weight is 376 g/mol. The molecule has 1 saturated heterocycles. The van der Waals surface area contributed by atoms with Crippen LogP contribution in [0.5, 0.6) is 0 Å². The van der Waals surface area contributed by atoms with Crippen LogP contribution < -0.4 is 9.80 Å². The zero-order valence-electron chi connectivity index (χ0n) is 15.5. The van der Waals surface area contributed by atoms with E-state index < -0.39 is 5.97 Å². The van der Waals surface area contributed by atoms with Gasteiger partial charge in [-0.25, -0.2) is 4.79 Å². The summed E-state index contributed by atoms with van der Waals surface area (Å²) < 4.78 is 4.65. The molecule has 0 amide bonds. The summed E-state index contributed by atoms with van der Waals surface area (Å²) in [6.45, 7) is 3.18. The number of hydrogen-bond donors (Lipinski definition) is 0. The molecule has 3 heterocycles. The largest absolute Gasteiger partial charge is 0.464 e. The Morgan fingerprint density at radius 3 is 1.89 bits per heavy atom. The van der Waals surface area contributed by atoms with Gasteiger partial charge in [0.1, 0.15) is 0 Å². The quantitative estimate of drug-likeness (QED) is 0.640. The highest BCUT2D eigenvalue weighted by Gasteiger charge is 2.20. The van der Waals surface area contributed by atoms with Crippen molar-refractivity contribution in [2.45, 2.75) is 0 Å². The molecule has 0 spiro atoms. The van der Waals surface area contributed by atoms with Gasteiger partial charge in [-0.05, 0) is 24.3 Å². The molecule has 0 atom stereocenters. The third-order valence-corrected chi connectivity index (χ3v) is 4.69. The lowest BCUT2D eigenvalue weighted by Crippen LogP contribution is -2.47. The van der Waals surface area contributed by atoms with Crippen molar-refractivity contribution in [2.24, 2.45) is 0 Å². The number of rotatable bonds is 4. The summed E-state index contributed by atoms with van der Waals surface area (Å²) in [7, 11) is 1.33. The van der Waals surface area contributed by atoms with Gasteiger partial charge < -0.3 is 14.5 Å². The van der Waals surface area contributed by atoms with Crippen LogP contribution in [0, 0.1) is 0 Å². The Hall–Kier alpha value is -3.55. The van der Waals surface area contributed by atoms with Crippen molar-refractivity contribution in [2.75, 3.05) is 43.1 Å². The number of carbonyl (C=O) groups excluding carboxylic acids is 1. The molecule has 0 radical (unpaired) electrons. The summed E-state index contributed by atoms with van der Waals surface area (Å²) in [6.07, 6.45) is 0. The van der Waals surface area contributed by atoms with E-state index in [1.54, 1.807) is 12.1 Å². The molecule has 3 aromatic rings. The van der Waals surface area contributed by atoms with Crippen LogP contribution in [0.4, 0.5) is 11.6 Å². The van der Waals surface area contributed by atoms with Crippen molar-refractivity contribution in [3.05, 3.63) is 60.3 Å². The fourth-order valence-corrected chi connectivity index (χ4v) is 3.13. The summed E-state index contributed by atoms with van der Waals surface area (Å²) in [5.74, 6) is 1.13. The van der Waals surface area contributed by atoms with E-state index >= 15 is 0 Å². The van der Waals surface area contributed by atoms with Crippen LogP contribution in [0.15, 0.2) is 54.6 Å². The zero-order chi connectivity index (χ0) is 19.3. The second-order valence-corrected chi connectivity index (χ2v) is 6.39. The average Bonchev–Trinajstić information content (AvgIpc) is 2.79. The lowest BCUT2D eigenvalue weighted by atomic mass is 10.1. The first-order chi connectivity index (χ1) is 13.7. The smallest absolute Gasteiger partial charge is 0.358 e. The summed E-state index contributed by atoms with van der Waals surface area (Å²) >= 11 is 0. The molecular formula is C20H20N6O2. The van der Waals surface area contributed by atoms with Crippen LogP contribution in [0.1, 0.15) is 10.5 Å². The molecule has 1 aromatic carbocycles. The predicted molar refractivity (Wildman–Crippen MR) is 105 cm³/mol. The molecule has 0 saturated carbocycles. The molecule has 1 fully saturated rings. The van der Waals surface area contributed by atoms with Crippen LogP contribution in [-0.2, 0) is 4.74 Å². The molecule has 28 heavy (non-hydrogen) atoms. The normalized spacial score (nSPS) is 14.0. The number of carbonyl (C=O) groups is 1. The summed E-state index contributed by atoms with van der Waals surface area (Å²) in [4.78, 5) is 15.8.